The van der Waals surface area contributed by atoms with Gasteiger partial charge in [-0.05, 0) is 26.0 Å². The summed E-state index contributed by atoms with van der Waals surface area (Å²) in [5.74, 6) is -0.249. The Bertz CT molecular complexity index is 387. The van der Waals surface area contributed by atoms with Crippen molar-refractivity contribution >= 4 is 21.7 Å². The average molecular weight is 295 g/mol. The molecule has 1 aromatic rings. The molecule has 0 aliphatic carbocycles. The first-order chi connectivity index (χ1) is 7.12. The van der Waals surface area contributed by atoms with E-state index in [1.165, 1.54) is 12.1 Å². The lowest BCUT2D eigenvalue weighted by Crippen LogP contribution is -2.24. The van der Waals surface area contributed by atoms with Crippen molar-refractivity contribution in [2.45, 2.75) is 24.3 Å². The average Bonchev–Trinajstić information content (AvgIpc) is 2.14. The van der Waals surface area contributed by atoms with Gasteiger partial charge in [0, 0.05) is 5.56 Å². The maximum absolute atomic E-state index is 12.3. The highest BCUT2D eigenvalue weighted by atomic mass is 79.9. The Morgan fingerprint density at radius 2 is 1.56 bits per heavy atom. The maximum Gasteiger partial charge on any atom is 0.416 e. The fourth-order valence-electron chi connectivity index (χ4n) is 1.15. The molecule has 0 spiro atoms. The molecule has 0 heterocycles. The van der Waals surface area contributed by atoms with Gasteiger partial charge in [-0.2, -0.15) is 13.2 Å². The van der Waals surface area contributed by atoms with Gasteiger partial charge < -0.3 is 0 Å². The highest BCUT2D eigenvalue weighted by Crippen LogP contribution is 2.30. The number of benzene rings is 1. The second-order valence-corrected chi connectivity index (χ2v) is 5.86. The predicted octanol–water partition coefficient (Wildman–Crippen LogP) is 4.06. The summed E-state index contributed by atoms with van der Waals surface area (Å²) < 4.78 is 36.0. The third-order valence-electron chi connectivity index (χ3n) is 2.01. The van der Waals surface area contributed by atoms with Crippen molar-refractivity contribution in [1.82, 2.24) is 0 Å². The van der Waals surface area contributed by atoms with E-state index in [0.717, 1.165) is 12.1 Å². The number of hydrogen-bond acceptors (Lipinski definition) is 1. The van der Waals surface area contributed by atoms with Gasteiger partial charge in [0.1, 0.15) is 0 Å². The van der Waals surface area contributed by atoms with Gasteiger partial charge in [0.05, 0.1) is 9.89 Å². The van der Waals surface area contributed by atoms with Crippen LogP contribution in [0.25, 0.3) is 0 Å². The van der Waals surface area contributed by atoms with Gasteiger partial charge in [-0.3, -0.25) is 4.79 Å². The monoisotopic (exact) mass is 294 g/mol. The van der Waals surface area contributed by atoms with E-state index < -0.39 is 16.1 Å². The largest absolute Gasteiger partial charge is 0.416 e. The summed E-state index contributed by atoms with van der Waals surface area (Å²) in [7, 11) is 0. The molecule has 1 aromatic carbocycles. The molecule has 0 bridgehead atoms. The molecule has 1 nitrogen and oxygen atoms in total. The van der Waals surface area contributed by atoms with Crippen LogP contribution < -0.4 is 0 Å². The topological polar surface area (TPSA) is 17.1 Å². The molecule has 0 saturated carbocycles. The lowest BCUT2D eigenvalue weighted by atomic mass is 10.00. The molecule has 0 aliphatic heterocycles. The summed E-state index contributed by atoms with van der Waals surface area (Å²) in [6, 6.07) is 4.19. The Morgan fingerprint density at radius 3 is 1.88 bits per heavy atom. The second-order valence-electron chi connectivity index (χ2n) is 3.88. The SMILES string of the molecule is CC(C)(Br)C(=O)c1ccc(C(F)(F)F)cc1. The van der Waals surface area contributed by atoms with Gasteiger partial charge >= 0.3 is 6.18 Å². The van der Waals surface area contributed by atoms with Crippen LogP contribution in [0, 0.1) is 0 Å². The van der Waals surface area contributed by atoms with Crippen LogP contribution in [0.3, 0.4) is 0 Å². The molecule has 0 saturated heterocycles. The minimum Gasteiger partial charge on any atom is -0.293 e. The van der Waals surface area contributed by atoms with E-state index >= 15 is 0 Å². The fraction of sp³-hybridized carbons (Fsp3) is 0.364. The molecule has 0 aliphatic rings. The van der Waals surface area contributed by atoms with Gasteiger partial charge in [-0.1, -0.05) is 28.1 Å². The molecule has 88 valence electrons. The summed E-state index contributed by atoms with van der Waals surface area (Å²) in [5.41, 5.74) is -0.494. The number of Topliss-reactive ketones (excluding diaryl/α,β-unsaturated/α-hetero) is 1. The highest BCUT2D eigenvalue weighted by Gasteiger charge is 2.31. The molecule has 0 N–H and O–H groups in total. The lowest BCUT2D eigenvalue weighted by molar-refractivity contribution is -0.137. The van der Waals surface area contributed by atoms with Gasteiger partial charge in [0.15, 0.2) is 5.78 Å². The molecular weight excluding hydrogens is 285 g/mol. The Morgan fingerprint density at radius 1 is 1.12 bits per heavy atom. The molecular formula is C11H10BrF3O. The standard InChI is InChI=1S/C11H10BrF3O/c1-10(2,12)9(16)7-3-5-8(6-4-7)11(13,14)15/h3-6H,1-2H3. The van der Waals surface area contributed by atoms with E-state index in [0.29, 0.717) is 0 Å². The van der Waals surface area contributed by atoms with Crippen molar-refractivity contribution in [1.29, 1.82) is 0 Å². The normalized spacial score (nSPS) is 12.6. The van der Waals surface area contributed by atoms with Crippen LogP contribution in [-0.2, 0) is 6.18 Å². The summed E-state index contributed by atoms with van der Waals surface area (Å²) in [5, 5.41) is 0. The molecule has 0 unspecified atom stereocenters. The zero-order valence-electron chi connectivity index (χ0n) is 8.73. The Labute approximate surface area is 99.8 Å². The van der Waals surface area contributed by atoms with E-state index in [1.807, 2.05) is 0 Å². The summed E-state index contributed by atoms with van der Waals surface area (Å²) in [6.45, 7) is 3.29. The molecule has 0 atom stereocenters. The van der Waals surface area contributed by atoms with Gasteiger partial charge in [-0.15, -0.1) is 0 Å². The smallest absolute Gasteiger partial charge is 0.293 e. The zero-order valence-corrected chi connectivity index (χ0v) is 10.3. The van der Waals surface area contributed by atoms with Crippen molar-refractivity contribution in [2.24, 2.45) is 0 Å². The Hall–Kier alpha value is -0.840. The van der Waals surface area contributed by atoms with Crippen LogP contribution in [0.15, 0.2) is 24.3 Å². The van der Waals surface area contributed by atoms with Crippen LogP contribution in [0.2, 0.25) is 0 Å². The molecule has 0 fully saturated rings. The van der Waals surface area contributed by atoms with Crippen molar-refractivity contribution in [3.05, 3.63) is 35.4 Å². The Kier molecular flexibility index (Phi) is 3.47. The van der Waals surface area contributed by atoms with Crippen LogP contribution in [-0.4, -0.2) is 10.1 Å². The molecule has 1 rings (SSSR count). The summed E-state index contributed by atoms with van der Waals surface area (Å²) in [6.07, 6.45) is -4.37. The number of alkyl halides is 4. The van der Waals surface area contributed by atoms with Crippen molar-refractivity contribution in [2.75, 3.05) is 0 Å². The van der Waals surface area contributed by atoms with Crippen LogP contribution >= 0.6 is 15.9 Å². The Balaban J connectivity index is 3.01. The maximum atomic E-state index is 12.3. The van der Waals surface area contributed by atoms with Crippen LogP contribution in [0.1, 0.15) is 29.8 Å². The van der Waals surface area contributed by atoms with Crippen molar-refractivity contribution in [3.8, 4) is 0 Å². The van der Waals surface area contributed by atoms with E-state index in [1.54, 1.807) is 13.8 Å². The third-order valence-corrected chi connectivity index (χ3v) is 2.37. The third kappa shape index (κ3) is 3.07. The van der Waals surface area contributed by atoms with Gasteiger partial charge in [-0.25, -0.2) is 0 Å². The number of carbonyl (C=O) groups excluding carboxylic acids is 1. The first kappa shape index (κ1) is 13.2. The second kappa shape index (κ2) is 4.20. The number of halogens is 4. The highest BCUT2D eigenvalue weighted by molar-refractivity contribution is 9.10. The molecule has 5 heteroatoms. The number of ketones is 1. The van der Waals surface area contributed by atoms with E-state index in [2.05, 4.69) is 15.9 Å². The lowest BCUT2D eigenvalue weighted by Gasteiger charge is -2.15. The number of rotatable bonds is 2. The van der Waals surface area contributed by atoms with Gasteiger partial charge in [0.2, 0.25) is 0 Å². The predicted molar refractivity (Wildman–Crippen MR) is 58.8 cm³/mol. The minimum absolute atomic E-state index is 0.249. The molecule has 0 amide bonds. The van der Waals surface area contributed by atoms with Gasteiger partial charge in [0.25, 0.3) is 0 Å². The summed E-state index contributed by atoms with van der Waals surface area (Å²) >= 11 is 3.17. The van der Waals surface area contributed by atoms with E-state index in [9.17, 15) is 18.0 Å². The van der Waals surface area contributed by atoms with E-state index in [4.69, 9.17) is 0 Å². The first-order valence-corrected chi connectivity index (χ1v) is 5.32. The van der Waals surface area contributed by atoms with Crippen LogP contribution in [0.4, 0.5) is 13.2 Å². The zero-order chi connectivity index (χ0) is 12.6. The van der Waals surface area contributed by atoms with Crippen molar-refractivity contribution in [3.63, 3.8) is 0 Å². The molecule has 0 aromatic heterocycles. The first-order valence-electron chi connectivity index (χ1n) is 4.53. The quantitative estimate of drug-likeness (QED) is 0.594. The minimum atomic E-state index is -4.37. The fourth-order valence-corrected chi connectivity index (χ4v) is 1.38. The summed E-state index contributed by atoms with van der Waals surface area (Å²) in [4.78, 5) is 11.7. The number of carbonyl (C=O) groups is 1. The van der Waals surface area contributed by atoms with E-state index in [-0.39, 0.29) is 11.3 Å². The van der Waals surface area contributed by atoms with Crippen LogP contribution in [0.5, 0.6) is 0 Å². The molecule has 16 heavy (non-hydrogen) atoms. The number of hydrogen-bond donors (Lipinski definition) is 0. The van der Waals surface area contributed by atoms with Crippen molar-refractivity contribution < 1.29 is 18.0 Å². The molecule has 0 radical (unpaired) electrons.